The van der Waals surface area contributed by atoms with E-state index >= 15 is 0 Å². The highest BCUT2D eigenvalue weighted by molar-refractivity contribution is 6.23. The Balaban J connectivity index is 3.24. The van der Waals surface area contributed by atoms with Crippen molar-refractivity contribution in [2.45, 2.75) is 27.2 Å². The highest BCUT2D eigenvalue weighted by Crippen LogP contribution is 2.29. The number of hydrogen-bond donors (Lipinski definition) is 0. The molecule has 0 N–H and O–H groups in total. The molecule has 1 aliphatic rings. The second-order valence-electron chi connectivity index (χ2n) is 4.43. The summed E-state index contributed by atoms with van der Waals surface area (Å²) in [4.78, 5) is 24.1. The molecule has 0 aliphatic heterocycles. The van der Waals surface area contributed by atoms with E-state index in [2.05, 4.69) is 0 Å². The van der Waals surface area contributed by atoms with Crippen LogP contribution in [0.2, 0.25) is 0 Å². The van der Waals surface area contributed by atoms with E-state index < -0.39 is 0 Å². The normalized spacial score (nSPS) is 17.1. The van der Waals surface area contributed by atoms with Gasteiger partial charge in [-0.25, -0.2) is 0 Å². The lowest BCUT2D eigenvalue weighted by molar-refractivity contribution is -0.121. The summed E-state index contributed by atoms with van der Waals surface area (Å²) in [6.07, 6.45) is 0.570. The van der Waals surface area contributed by atoms with Gasteiger partial charge in [-0.05, 0) is 19.3 Å². The van der Waals surface area contributed by atoms with Crippen LogP contribution < -0.4 is 0 Å². The third-order valence-electron chi connectivity index (χ3n) is 2.71. The zero-order chi connectivity index (χ0) is 13.2. The van der Waals surface area contributed by atoms with E-state index in [0.717, 1.165) is 0 Å². The number of ether oxygens (including phenoxy) is 2. The summed E-state index contributed by atoms with van der Waals surface area (Å²) in [5, 5.41) is 0. The van der Waals surface area contributed by atoms with E-state index in [1.807, 2.05) is 13.8 Å². The van der Waals surface area contributed by atoms with Crippen molar-refractivity contribution in [1.29, 1.82) is 0 Å². The van der Waals surface area contributed by atoms with Crippen LogP contribution in [0.3, 0.4) is 0 Å². The van der Waals surface area contributed by atoms with E-state index in [4.69, 9.17) is 9.47 Å². The van der Waals surface area contributed by atoms with Crippen LogP contribution in [-0.2, 0) is 19.1 Å². The van der Waals surface area contributed by atoms with Gasteiger partial charge in [-0.2, -0.15) is 0 Å². The molecule has 0 atom stereocenters. The van der Waals surface area contributed by atoms with Gasteiger partial charge in [0.25, 0.3) is 0 Å². The Morgan fingerprint density at radius 3 is 1.88 bits per heavy atom. The molecular weight excluding hydrogens is 220 g/mol. The third-order valence-corrected chi connectivity index (χ3v) is 2.71. The highest BCUT2D eigenvalue weighted by atomic mass is 16.5. The van der Waals surface area contributed by atoms with Gasteiger partial charge in [0, 0.05) is 11.1 Å². The molecule has 0 saturated carbocycles. The first-order valence-corrected chi connectivity index (χ1v) is 5.55. The van der Waals surface area contributed by atoms with Gasteiger partial charge in [0.05, 0.1) is 14.2 Å². The van der Waals surface area contributed by atoms with E-state index in [9.17, 15) is 9.59 Å². The summed E-state index contributed by atoms with van der Waals surface area (Å²) in [5.74, 6) is -0.185. The second kappa shape index (κ2) is 5.17. The molecular formula is C13H18O4. The molecule has 0 unspecified atom stereocenters. The van der Waals surface area contributed by atoms with Gasteiger partial charge in [0.2, 0.25) is 23.1 Å². The lowest BCUT2D eigenvalue weighted by Crippen LogP contribution is -2.25. The maximum Gasteiger partial charge on any atom is 0.228 e. The molecule has 0 saturated heterocycles. The largest absolute Gasteiger partial charge is 0.489 e. The average Bonchev–Trinajstić information content (AvgIpc) is 2.28. The van der Waals surface area contributed by atoms with Crippen LogP contribution in [0.4, 0.5) is 0 Å². The van der Waals surface area contributed by atoms with Gasteiger partial charge in [-0.1, -0.05) is 13.8 Å². The number of carbonyl (C=O) groups is 2. The summed E-state index contributed by atoms with van der Waals surface area (Å²) >= 11 is 0. The standard InChI is InChI=1S/C13H18O4/c1-7(2)6-9-8(3)10(14)12(16-4)13(17-5)11(9)15/h7H,6H2,1-5H3. The van der Waals surface area contributed by atoms with Crippen LogP contribution in [0.25, 0.3) is 0 Å². The lowest BCUT2D eigenvalue weighted by atomic mass is 9.88. The smallest absolute Gasteiger partial charge is 0.228 e. The fraction of sp³-hybridized carbons (Fsp3) is 0.538. The van der Waals surface area contributed by atoms with Crippen LogP contribution in [0, 0.1) is 5.92 Å². The Morgan fingerprint density at radius 2 is 1.47 bits per heavy atom. The van der Waals surface area contributed by atoms with Crippen LogP contribution in [0.15, 0.2) is 22.7 Å². The molecule has 0 aromatic carbocycles. The molecule has 1 rings (SSSR count). The van der Waals surface area contributed by atoms with Gasteiger partial charge < -0.3 is 9.47 Å². The average molecular weight is 238 g/mol. The van der Waals surface area contributed by atoms with E-state index in [1.54, 1.807) is 6.92 Å². The molecule has 0 radical (unpaired) electrons. The number of methoxy groups -OCH3 is 2. The number of allylic oxidation sites excluding steroid dienone is 2. The number of rotatable bonds is 4. The zero-order valence-corrected chi connectivity index (χ0v) is 10.9. The molecule has 0 fully saturated rings. The summed E-state index contributed by atoms with van der Waals surface area (Å²) in [6, 6.07) is 0. The van der Waals surface area contributed by atoms with Crippen molar-refractivity contribution in [3.63, 3.8) is 0 Å². The Kier molecular flexibility index (Phi) is 4.10. The molecule has 0 spiro atoms. The number of hydrogen-bond acceptors (Lipinski definition) is 4. The Labute approximate surface area is 101 Å². The van der Waals surface area contributed by atoms with Crippen molar-refractivity contribution < 1.29 is 19.1 Å². The Hall–Kier alpha value is -1.58. The highest BCUT2D eigenvalue weighted by Gasteiger charge is 2.34. The van der Waals surface area contributed by atoms with Crippen LogP contribution in [0.5, 0.6) is 0 Å². The van der Waals surface area contributed by atoms with Crippen LogP contribution >= 0.6 is 0 Å². The molecule has 4 heteroatoms. The van der Waals surface area contributed by atoms with E-state index in [1.165, 1.54) is 14.2 Å². The van der Waals surface area contributed by atoms with Crippen LogP contribution in [0.1, 0.15) is 27.2 Å². The molecule has 0 aromatic heterocycles. The third kappa shape index (κ3) is 2.40. The van der Waals surface area contributed by atoms with Gasteiger partial charge in [0.15, 0.2) is 0 Å². The first kappa shape index (κ1) is 13.5. The maximum atomic E-state index is 12.1. The number of carbonyl (C=O) groups excluding carboxylic acids is 2. The minimum Gasteiger partial charge on any atom is -0.489 e. The molecule has 0 bridgehead atoms. The fourth-order valence-electron chi connectivity index (χ4n) is 1.85. The zero-order valence-electron chi connectivity index (χ0n) is 10.9. The van der Waals surface area contributed by atoms with Crippen molar-refractivity contribution in [3.8, 4) is 0 Å². The quantitative estimate of drug-likeness (QED) is 0.703. The number of ketones is 2. The fourth-order valence-corrected chi connectivity index (χ4v) is 1.85. The summed E-state index contributed by atoms with van der Waals surface area (Å²) < 4.78 is 9.94. The topological polar surface area (TPSA) is 52.6 Å². The van der Waals surface area contributed by atoms with Crippen molar-refractivity contribution in [1.82, 2.24) is 0 Å². The van der Waals surface area contributed by atoms with E-state index in [0.29, 0.717) is 23.5 Å². The molecule has 17 heavy (non-hydrogen) atoms. The second-order valence-corrected chi connectivity index (χ2v) is 4.43. The summed E-state index contributed by atoms with van der Waals surface area (Å²) in [7, 11) is 2.73. The summed E-state index contributed by atoms with van der Waals surface area (Å²) in [6.45, 7) is 5.66. The first-order chi connectivity index (χ1) is 7.93. The van der Waals surface area contributed by atoms with Gasteiger partial charge in [-0.3, -0.25) is 9.59 Å². The minimum atomic E-state index is -0.264. The monoisotopic (exact) mass is 238 g/mol. The predicted octanol–water partition coefficient (Wildman–Crippen LogP) is 2.01. The molecule has 1 aliphatic carbocycles. The summed E-state index contributed by atoms with van der Waals surface area (Å²) in [5.41, 5.74) is 0.990. The molecule has 4 nitrogen and oxygen atoms in total. The van der Waals surface area contributed by atoms with Gasteiger partial charge in [0.1, 0.15) is 0 Å². The Bertz CT molecular complexity index is 413. The van der Waals surface area contributed by atoms with Crippen molar-refractivity contribution in [2.24, 2.45) is 5.92 Å². The van der Waals surface area contributed by atoms with Gasteiger partial charge in [-0.15, -0.1) is 0 Å². The Morgan fingerprint density at radius 1 is 1.00 bits per heavy atom. The number of Topliss-reactive ketones (excluding diaryl/α,β-unsaturated/α-hetero) is 2. The van der Waals surface area contributed by atoms with Gasteiger partial charge >= 0.3 is 0 Å². The van der Waals surface area contributed by atoms with Crippen molar-refractivity contribution in [3.05, 3.63) is 22.7 Å². The SMILES string of the molecule is COC1=C(OC)C(=O)C(CC(C)C)=C(C)C1=O. The van der Waals surface area contributed by atoms with Crippen molar-refractivity contribution >= 4 is 11.6 Å². The first-order valence-electron chi connectivity index (χ1n) is 5.55. The molecule has 94 valence electrons. The van der Waals surface area contributed by atoms with E-state index in [-0.39, 0.29) is 23.1 Å². The molecule has 0 amide bonds. The lowest BCUT2D eigenvalue weighted by Gasteiger charge is -2.21. The van der Waals surface area contributed by atoms with Crippen molar-refractivity contribution in [2.75, 3.05) is 14.2 Å². The molecule has 0 heterocycles. The molecule has 0 aromatic rings. The van der Waals surface area contributed by atoms with Crippen LogP contribution in [-0.4, -0.2) is 25.8 Å². The maximum absolute atomic E-state index is 12.1. The minimum absolute atomic E-state index is 0.00232. The predicted molar refractivity (Wildman–Crippen MR) is 63.2 cm³/mol.